The van der Waals surface area contributed by atoms with Gasteiger partial charge in [-0.3, -0.25) is 67.1 Å². The first-order chi connectivity index (χ1) is 45.8. The number of carbonyl (C=O) groups is 15. The van der Waals surface area contributed by atoms with E-state index in [0.717, 1.165) is 28.5 Å². The number of primary amides is 2. The van der Waals surface area contributed by atoms with Gasteiger partial charge in [-0.25, -0.2) is 4.79 Å². The first-order valence-electron chi connectivity index (χ1n) is 32.0. The van der Waals surface area contributed by atoms with Crippen molar-refractivity contribution in [1.29, 1.82) is 0 Å². The van der Waals surface area contributed by atoms with Crippen molar-refractivity contribution < 1.29 is 97.5 Å². The van der Waals surface area contributed by atoms with Crippen LogP contribution >= 0.6 is 0 Å². The predicted molar refractivity (Wildman–Crippen MR) is 340 cm³/mol. The summed E-state index contributed by atoms with van der Waals surface area (Å²) in [5.41, 5.74) is 17.4. The van der Waals surface area contributed by atoms with Crippen molar-refractivity contribution in [2.24, 2.45) is 23.1 Å². The number of aliphatic hydroxyl groups excluding tert-OH is 3. The van der Waals surface area contributed by atoms with E-state index in [9.17, 15) is 97.5 Å². The lowest BCUT2D eigenvalue weighted by Crippen LogP contribution is -2.63. The molecule has 0 unspecified atom stereocenters. The number of nitrogens with two attached hydrogens (primary N) is 3. The molecule has 2 aromatic rings. The van der Waals surface area contributed by atoms with Crippen LogP contribution in [0, 0.1) is 5.92 Å². The smallest absolute Gasteiger partial charge is 0.326 e. The molecule has 532 valence electrons. The average molecular weight is 1360 g/mol. The summed E-state index contributed by atoms with van der Waals surface area (Å²) in [4.78, 5) is 206. The molecular weight excluding hydrogens is 1270 g/mol. The molecule has 0 aromatic heterocycles. The number of nitrogens with zero attached hydrogens (tertiary/aromatic N) is 3. The van der Waals surface area contributed by atoms with Gasteiger partial charge in [0.15, 0.2) is 0 Å². The Morgan fingerprint density at radius 2 is 0.876 bits per heavy atom. The molecule has 2 aromatic carbocycles. The second kappa shape index (κ2) is 37.0. The first-order valence-corrected chi connectivity index (χ1v) is 32.0. The molecule has 5 rings (SSSR count). The van der Waals surface area contributed by atoms with Gasteiger partial charge in [-0.2, -0.15) is 0 Å². The van der Waals surface area contributed by atoms with Crippen molar-refractivity contribution in [3.63, 3.8) is 0 Å². The van der Waals surface area contributed by atoms with Crippen molar-refractivity contribution in [2.45, 2.75) is 196 Å². The number of carbonyl (C=O) groups excluding carboxylic acids is 13. The van der Waals surface area contributed by atoms with Crippen LogP contribution in [-0.2, 0) is 84.8 Å². The number of likely N-dealkylation sites (tertiary alicyclic amines) is 3. The highest BCUT2D eigenvalue weighted by Gasteiger charge is 2.45. The molecule has 0 spiro atoms. The minimum atomic E-state index is -2.06. The molecule has 0 bridgehead atoms. The van der Waals surface area contributed by atoms with E-state index in [0.29, 0.717) is 17.5 Å². The Bertz CT molecular complexity index is 3180. The van der Waals surface area contributed by atoms with E-state index >= 15 is 0 Å². The van der Waals surface area contributed by atoms with Crippen molar-refractivity contribution >= 4 is 88.7 Å². The lowest BCUT2D eigenvalue weighted by molar-refractivity contribution is -0.146. The van der Waals surface area contributed by atoms with Crippen LogP contribution in [0.15, 0.2) is 60.7 Å². The Morgan fingerprint density at radius 1 is 0.474 bits per heavy atom. The molecular formula is C63H90N14O20. The van der Waals surface area contributed by atoms with E-state index in [1.807, 2.05) is 0 Å². The highest BCUT2D eigenvalue weighted by Crippen LogP contribution is 2.24. The Hall–Kier alpha value is -9.67. The molecule has 3 saturated heterocycles. The van der Waals surface area contributed by atoms with Crippen LogP contribution in [0.1, 0.15) is 109 Å². The van der Waals surface area contributed by atoms with Gasteiger partial charge in [0.1, 0.15) is 66.5 Å². The average Bonchev–Trinajstić information content (AvgIpc) is 1.75. The van der Waals surface area contributed by atoms with Gasteiger partial charge in [-0.05, 0) is 82.3 Å². The lowest BCUT2D eigenvalue weighted by Gasteiger charge is -2.32. The van der Waals surface area contributed by atoms with E-state index in [2.05, 4.69) is 42.5 Å². The topological polar surface area (TPSA) is 541 Å². The Morgan fingerprint density at radius 3 is 1.31 bits per heavy atom. The Labute approximate surface area is 558 Å². The highest BCUT2D eigenvalue weighted by atomic mass is 16.4. The van der Waals surface area contributed by atoms with Crippen LogP contribution in [0.2, 0.25) is 0 Å². The molecule has 3 fully saturated rings. The number of nitrogens with one attached hydrogen (secondary N) is 8. The molecule has 34 nitrogen and oxygen atoms in total. The standard InChI is InChI=1S/C63H90N14O20/c1-32(2)26-42(63(96)97)71-56(89)45-19-12-24-76(45)61(94)41(29-48(66)82)69-55(88)44-18-11-23-75(44)60(93)40(28-36-16-9-6-10-17-36)70-59(92)50(33(3)79)73-54(87)38(27-35-14-7-5-8-15-35)67-53(86)39(30-49(83)84)68-58(91)51(34(4)80)74-57(90)46-20-13-25-77(46)62(95)43(31-78)72-52(85)37(64)21-22-47(65)81/h5-10,14-17,32-34,37-46,50-51,78-80H,11-13,18-31,64H2,1-4H3,(H2,65,81)(H2,66,82)(H,67,86)(H,68,91)(H,69,88)(H,70,92)(H,71,89)(H,72,85)(H,73,87)(H,74,90)(H,83,84)(H,96,97)/t33-,34-,37+,38+,39+,40+,41+,42+,43+,44+,45+,46+,50+,51+/m1/s1. The maximum absolute atomic E-state index is 14.9. The lowest BCUT2D eigenvalue weighted by atomic mass is 10.0. The van der Waals surface area contributed by atoms with Gasteiger partial charge in [0.2, 0.25) is 76.8 Å². The Kier molecular flexibility index (Phi) is 29.8. The summed E-state index contributed by atoms with van der Waals surface area (Å²) in [5, 5.41) is 71.0. The third kappa shape index (κ3) is 23.0. The SMILES string of the molecule is CC(C)C[C@H](NC(=O)[C@@H]1CCCN1C(=O)[C@H](CC(N)=O)NC(=O)[C@@H]1CCCN1C(=O)[C@H](Cc1ccccc1)NC(=O)[C@@H](NC(=O)[C@H](Cc1ccccc1)NC(=O)[C@H](CC(=O)O)NC(=O)[C@@H](NC(=O)[C@@H]1CCCN1C(=O)[C@H](CO)NC(=O)[C@@H](N)CCC(N)=O)[C@@H](C)O)[C@@H](C)O)C(=O)O. The first kappa shape index (κ1) is 78.0. The summed E-state index contributed by atoms with van der Waals surface area (Å²) >= 11 is 0. The van der Waals surface area contributed by atoms with Gasteiger partial charge in [0.25, 0.3) is 0 Å². The molecule has 14 atom stereocenters. The van der Waals surface area contributed by atoms with E-state index < -0.39 is 193 Å². The summed E-state index contributed by atoms with van der Waals surface area (Å²) in [6.07, 6.45) is -5.40. The zero-order valence-corrected chi connectivity index (χ0v) is 54.4. The number of carboxylic acid groups (broad SMARTS) is 2. The molecule has 0 radical (unpaired) electrons. The number of amides is 13. The highest BCUT2D eigenvalue weighted by molar-refractivity contribution is 6.01. The molecule has 0 aliphatic carbocycles. The second-order valence-electron chi connectivity index (χ2n) is 24.8. The van der Waals surface area contributed by atoms with E-state index in [-0.39, 0.29) is 89.8 Å². The summed E-state index contributed by atoms with van der Waals surface area (Å²) in [7, 11) is 0. The molecule has 3 aliphatic rings. The molecule has 34 heteroatoms. The molecule has 3 aliphatic heterocycles. The van der Waals surface area contributed by atoms with Gasteiger partial charge in [-0.1, -0.05) is 74.5 Å². The fourth-order valence-corrected chi connectivity index (χ4v) is 11.6. The quantitative estimate of drug-likeness (QED) is 0.0302. The number of benzene rings is 2. The number of hydrogen-bond donors (Lipinski definition) is 16. The molecule has 13 amide bonds. The van der Waals surface area contributed by atoms with Crippen molar-refractivity contribution in [2.75, 3.05) is 26.2 Å². The maximum Gasteiger partial charge on any atom is 0.326 e. The van der Waals surface area contributed by atoms with E-state index in [1.165, 1.54) is 0 Å². The predicted octanol–water partition coefficient (Wildman–Crippen LogP) is -5.85. The van der Waals surface area contributed by atoms with Crippen LogP contribution in [0.5, 0.6) is 0 Å². The fourth-order valence-electron chi connectivity index (χ4n) is 11.6. The monoisotopic (exact) mass is 1360 g/mol. The largest absolute Gasteiger partial charge is 0.481 e. The third-order valence-corrected chi connectivity index (χ3v) is 16.6. The summed E-state index contributed by atoms with van der Waals surface area (Å²) < 4.78 is 0. The molecule has 19 N–H and O–H groups in total. The van der Waals surface area contributed by atoms with Crippen molar-refractivity contribution in [1.82, 2.24) is 57.2 Å². The van der Waals surface area contributed by atoms with Crippen LogP contribution in [0.25, 0.3) is 0 Å². The zero-order valence-electron chi connectivity index (χ0n) is 54.4. The fraction of sp³-hybridized carbons (Fsp3) is 0.571. The van der Waals surface area contributed by atoms with Crippen LogP contribution in [0.3, 0.4) is 0 Å². The minimum Gasteiger partial charge on any atom is -0.481 e. The minimum absolute atomic E-state index is 0.00550. The van der Waals surface area contributed by atoms with Crippen LogP contribution < -0.4 is 59.7 Å². The van der Waals surface area contributed by atoms with Gasteiger partial charge in [-0.15, -0.1) is 0 Å². The second-order valence-corrected chi connectivity index (χ2v) is 24.8. The van der Waals surface area contributed by atoms with Gasteiger partial charge in [0, 0.05) is 38.9 Å². The van der Waals surface area contributed by atoms with Crippen LogP contribution in [-0.4, -0.2) is 240 Å². The van der Waals surface area contributed by atoms with Crippen molar-refractivity contribution in [3.05, 3.63) is 71.8 Å². The summed E-state index contributed by atoms with van der Waals surface area (Å²) in [6.45, 7) is 4.68. The van der Waals surface area contributed by atoms with Gasteiger partial charge in [0.05, 0.1) is 37.7 Å². The molecule has 3 heterocycles. The Balaban J connectivity index is 1.34. The van der Waals surface area contributed by atoms with E-state index in [1.54, 1.807) is 74.5 Å². The molecule has 97 heavy (non-hydrogen) atoms. The van der Waals surface area contributed by atoms with Crippen molar-refractivity contribution in [3.8, 4) is 0 Å². The van der Waals surface area contributed by atoms with E-state index in [4.69, 9.17) is 17.2 Å². The van der Waals surface area contributed by atoms with Crippen LogP contribution in [0.4, 0.5) is 0 Å². The van der Waals surface area contributed by atoms with Gasteiger partial charge >= 0.3 is 11.9 Å². The number of hydrogen-bond acceptors (Lipinski definition) is 19. The zero-order chi connectivity index (χ0) is 72.0. The number of carboxylic acids is 2. The number of aliphatic hydroxyl groups is 3. The maximum atomic E-state index is 14.9. The number of rotatable bonds is 36. The van der Waals surface area contributed by atoms with Gasteiger partial charge < -0.3 is 100.0 Å². The third-order valence-electron chi connectivity index (χ3n) is 16.6. The summed E-state index contributed by atoms with van der Waals surface area (Å²) in [5.74, 6) is -15.9. The number of aliphatic carboxylic acids is 2. The molecule has 0 saturated carbocycles. The normalized spacial score (nSPS) is 19.4. The summed E-state index contributed by atoms with van der Waals surface area (Å²) in [6, 6.07) is -2.65.